The highest BCUT2D eigenvalue weighted by Gasteiger charge is 2.15. The van der Waals surface area contributed by atoms with Crippen LogP contribution in [0.2, 0.25) is 5.02 Å². The Morgan fingerprint density at radius 3 is 2.63 bits per heavy atom. The quantitative estimate of drug-likeness (QED) is 0.374. The molecule has 152 valence electrons. The van der Waals surface area contributed by atoms with Gasteiger partial charge in [0, 0.05) is 22.1 Å². The zero-order valence-electron chi connectivity index (χ0n) is 16.9. The molecule has 4 aromatic rings. The van der Waals surface area contributed by atoms with Crippen molar-refractivity contribution in [3.63, 3.8) is 0 Å². The summed E-state index contributed by atoms with van der Waals surface area (Å²) in [5.74, 6) is -0.0376. The third kappa shape index (κ3) is 4.05. The Hall–Kier alpha value is -3.24. The van der Waals surface area contributed by atoms with E-state index < -0.39 is 0 Å². The van der Waals surface area contributed by atoms with E-state index in [9.17, 15) is 9.90 Å². The molecule has 0 spiro atoms. The zero-order valence-corrected chi connectivity index (χ0v) is 17.6. The summed E-state index contributed by atoms with van der Waals surface area (Å²) in [5, 5.41) is 15.4. The van der Waals surface area contributed by atoms with E-state index in [1.165, 1.54) is 5.56 Å². The molecule has 5 heteroatoms. The SMILES string of the molecule is CC(C)Nc1ccccc1Cc1cccc(-c2c(O)c3ccc(Cl)cc3[nH]c2=O)c1. The van der Waals surface area contributed by atoms with E-state index in [4.69, 9.17) is 11.6 Å². The fourth-order valence-electron chi connectivity index (χ4n) is 3.70. The van der Waals surface area contributed by atoms with Crippen LogP contribution in [0, 0.1) is 0 Å². The van der Waals surface area contributed by atoms with Gasteiger partial charge < -0.3 is 15.4 Å². The van der Waals surface area contributed by atoms with Gasteiger partial charge >= 0.3 is 0 Å². The van der Waals surface area contributed by atoms with Crippen molar-refractivity contribution in [2.24, 2.45) is 0 Å². The fraction of sp³-hybridized carbons (Fsp3) is 0.160. The van der Waals surface area contributed by atoms with E-state index in [2.05, 4.69) is 36.3 Å². The number of hydrogen-bond donors (Lipinski definition) is 3. The second kappa shape index (κ2) is 8.25. The van der Waals surface area contributed by atoms with E-state index >= 15 is 0 Å². The van der Waals surface area contributed by atoms with Crippen molar-refractivity contribution < 1.29 is 5.11 Å². The minimum atomic E-state index is -0.346. The Balaban J connectivity index is 1.75. The van der Waals surface area contributed by atoms with Gasteiger partial charge in [-0.2, -0.15) is 0 Å². The van der Waals surface area contributed by atoms with Gasteiger partial charge in [0.15, 0.2) is 0 Å². The second-order valence-corrected chi connectivity index (χ2v) is 8.14. The maximum atomic E-state index is 12.7. The molecule has 3 N–H and O–H groups in total. The molecule has 0 bridgehead atoms. The van der Waals surface area contributed by atoms with Crippen LogP contribution in [0.15, 0.2) is 71.5 Å². The summed E-state index contributed by atoms with van der Waals surface area (Å²) in [6, 6.07) is 21.3. The largest absolute Gasteiger partial charge is 0.506 e. The van der Waals surface area contributed by atoms with Crippen LogP contribution in [-0.2, 0) is 6.42 Å². The van der Waals surface area contributed by atoms with Crippen molar-refractivity contribution in [3.05, 3.63) is 93.2 Å². The summed E-state index contributed by atoms with van der Waals surface area (Å²) in [6.07, 6.45) is 0.714. The van der Waals surface area contributed by atoms with Gasteiger partial charge in [-0.15, -0.1) is 0 Å². The van der Waals surface area contributed by atoms with E-state index in [1.54, 1.807) is 18.2 Å². The number of nitrogens with one attached hydrogen (secondary N) is 2. The number of rotatable bonds is 5. The third-order valence-electron chi connectivity index (χ3n) is 5.02. The number of pyridine rings is 1. The van der Waals surface area contributed by atoms with Crippen molar-refractivity contribution in [1.29, 1.82) is 0 Å². The monoisotopic (exact) mass is 418 g/mol. The lowest BCUT2D eigenvalue weighted by Gasteiger charge is -2.15. The van der Waals surface area contributed by atoms with E-state index in [1.807, 2.05) is 36.4 Å². The van der Waals surface area contributed by atoms with Crippen molar-refractivity contribution >= 4 is 28.2 Å². The van der Waals surface area contributed by atoms with Gasteiger partial charge in [0.25, 0.3) is 5.56 Å². The number of aromatic amines is 1. The first kappa shape index (κ1) is 20.0. The molecule has 3 aromatic carbocycles. The molecule has 30 heavy (non-hydrogen) atoms. The maximum absolute atomic E-state index is 12.7. The number of para-hydroxylation sites is 1. The predicted molar refractivity (Wildman–Crippen MR) is 125 cm³/mol. The molecular weight excluding hydrogens is 396 g/mol. The zero-order chi connectivity index (χ0) is 21.3. The van der Waals surface area contributed by atoms with Gasteiger partial charge in [-0.1, -0.05) is 54.1 Å². The van der Waals surface area contributed by atoms with Crippen LogP contribution in [0.5, 0.6) is 5.75 Å². The Bertz CT molecular complexity index is 1280. The lowest BCUT2D eigenvalue weighted by molar-refractivity contribution is 0.482. The molecule has 0 unspecified atom stereocenters. The van der Waals surface area contributed by atoms with Crippen LogP contribution in [0.3, 0.4) is 0 Å². The highest BCUT2D eigenvalue weighted by molar-refractivity contribution is 6.31. The molecule has 0 fully saturated rings. The topological polar surface area (TPSA) is 65.1 Å². The number of hydrogen-bond acceptors (Lipinski definition) is 3. The molecule has 0 saturated heterocycles. The highest BCUT2D eigenvalue weighted by Crippen LogP contribution is 2.33. The Labute approximate surface area is 180 Å². The minimum absolute atomic E-state index is 0.0376. The average molecular weight is 419 g/mol. The summed E-state index contributed by atoms with van der Waals surface area (Å²) >= 11 is 6.01. The lowest BCUT2D eigenvalue weighted by atomic mass is 9.97. The molecule has 0 aliphatic rings. The molecule has 0 aliphatic carbocycles. The van der Waals surface area contributed by atoms with Crippen LogP contribution in [-0.4, -0.2) is 16.1 Å². The second-order valence-electron chi connectivity index (χ2n) is 7.70. The number of halogens is 1. The van der Waals surface area contributed by atoms with Crippen molar-refractivity contribution in [2.75, 3.05) is 5.32 Å². The molecule has 0 saturated carbocycles. The lowest BCUT2D eigenvalue weighted by Crippen LogP contribution is -2.11. The van der Waals surface area contributed by atoms with Crippen molar-refractivity contribution in [3.8, 4) is 16.9 Å². The summed E-state index contributed by atoms with van der Waals surface area (Å²) in [4.78, 5) is 15.6. The van der Waals surface area contributed by atoms with E-state index in [-0.39, 0.29) is 16.9 Å². The third-order valence-corrected chi connectivity index (χ3v) is 5.26. The Morgan fingerprint density at radius 2 is 1.83 bits per heavy atom. The average Bonchev–Trinajstić information content (AvgIpc) is 2.69. The number of aromatic nitrogens is 1. The highest BCUT2D eigenvalue weighted by atomic mass is 35.5. The fourth-order valence-corrected chi connectivity index (χ4v) is 3.88. The molecule has 0 radical (unpaired) electrons. The normalized spacial score (nSPS) is 11.2. The van der Waals surface area contributed by atoms with Crippen LogP contribution in [0.25, 0.3) is 22.0 Å². The van der Waals surface area contributed by atoms with Gasteiger partial charge in [0.2, 0.25) is 0 Å². The molecule has 1 aromatic heterocycles. The van der Waals surface area contributed by atoms with E-state index in [0.717, 1.165) is 11.3 Å². The standard InChI is InChI=1S/C25H23ClN2O2/c1-15(2)27-21-9-4-3-7-17(21)12-16-6-5-8-18(13-16)23-24(29)20-11-10-19(26)14-22(20)28-25(23)30/h3-11,13-15,27H,12H2,1-2H3,(H2,28,29,30). The van der Waals surface area contributed by atoms with Crippen molar-refractivity contribution in [2.45, 2.75) is 26.3 Å². The first-order chi connectivity index (χ1) is 14.4. The number of fused-ring (bicyclic) bond motifs is 1. The first-order valence-corrected chi connectivity index (χ1v) is 10.3. The van der Waals surface area contributed by atoms with Gasteiger partial charge in [-0.25, -0.2) is 0 Å². The summed E-state index contributed by atoms with van der Waals surface area (Å²) < 4.78 is 0. The molecular formula is C25H23ClN2O2. The van der Waals surface area contributed by atoms with Crippen LogP contribution in [0.4, 0.5) is 5.69 Å². The molecule has 0 amide bonds. The number of benzene rings is 3. The minimum Gasteiger partial charge on any atom is -0.506 e. The van der Waals surface area contributed by atoms with Gasteiger partial charge in [0.1, 0.15) is 5.75 Å². The maximum Gasteiger partial charge on any atom is 0.260 e. The van der Waals surface area contributed by atoms with Gasteiger partial charge in [-0.05, 0) is 61.2 Å². The molecule has 1 heterocycles. The van der Waals surface area contributed by atoms with Crippen molar-refractivity contribution in [1.82, 2.24) is 4.98 Å². The molecule has 0 aliphatic heterocycles. The Morgan fingerprint density at radius 1 is 1.03 bits per heavy atom. The summed E-state index contributed by atoms with van der Waals surface area (Å²) in [7, 11) is 0. The van der Waals surface area contributed by atoms with Crippen LogP contribution < -0.4 is 10.9 Å². The van der Waals surface area contributed by atoms with Gasteiger partial charge in [-0.3, -0.25) is 4.79 Å². The van der Waals surface area contributed by atoms with E-state index in [0.29, 0.717) is 34.0 Å². The molecule has 0 atom stereocenters. The van der Waals surface area contributed by atoms with Crippen LogP contribution in [0.1, 0.15) is 25.0 Å². The summed E-state index contributed by atoms with van der Waals surface area (Å²) in [6.45, 7) is 4.22. The molecule has 4 rings (SSSR count). The number of H-pyrrole nitrogens is 1. The summed E-state index contributed by atoms with van der Waals surface area (Å²) in [5.41, 5.74) is 4.44. The first-order valence-electron chi connectivity index (χ1n) is 9.90. The Kier molecular flexibility index (Phi) is 5.51. The number of aromatic hydroxyl groups is 1. The predicted octanol–water partition coefficient (Wildman–Crippen LogP) is 5.97. The van der Waals surface area contributed by atoms with Crippen LogP contribution >= 0.6 is 11.6 Å². The number of anilines is 1. The van der Waals surface area contributed by atoms with Gasteiger partial charge in [0.05, 0.1) is 11.1 Å². The smallest absolute Gasteiger partial charge is 0.260 e. The molecule has 4 nitrogen and oxygen atoms in total.